The molecule has 0 amide bonds. The molecule has 4 nitrogen and oxygen atoms in total. The predicted octanol–water partition coefficient (Wildman–Crippen LogP) is 2.79. The minimum Gasteiger partial charge on any atom is -0.355 e. The number of hydrogen-bond donors (Lipinski definition) is 1. The van der Waals surface area contributed by atoms with Gasteiger partial charge < -0.3 is 10.2 Å². The minimum atomic E-state index is -0.824. The standard InChI is InChI=1S/C16H33N3OS/c1-7-8-9-10-11-13-19(6)15(17-5)18-12-14-21(20)16(2,3)4/h7H,1,8-14H2,2-6H3,(H,17,18). The molecule has 0 aliphatic carbocycles. The van der Waals surface area contributed by atoms with E-state index < -0.39 is 10.8 Å². The topological polar surface area (TPSA) is 44.7 Å². The Bertz CT molecular complexity index is 348. The van der Waals surface area contributed by atoms with Crippen LogP contribution in [0.2, 0.25) is 0 Å². The Morgan fingerprint density at radius 1 is 1.33 bits per heavy atom. The summed E-state index contributed by atoms with van der Waals surface area (Å²) in [5.74, 6) is 1.53. The quantitative estimate of drug-likeness (QED) is 0.308. The molecule has 21 heavy (non-hydrogen) atoms. The van der Waals surface area contributed by atoms with Gasteiger partial charge in [-0.15, -0.1) is 6.58 Å². The van der Waals surface area contributed by atoms with Gasteiger partial charge in [0.05, 0.1) is 0 Å². The molecule has 0 spiro atoms. The zero-order chi connectivity index (χ0) is 16.3. The fourth-order valence-corrected chi connectivity index (χ4v) is 2.77. The highest BCUT2D eigenvalue weighted by Gasteiger charge is 2.18. The highest BCUT2D eigenvalue weighted by Crippen LogP contribution is 2.10. The lowest BCUT2D eigenvalue weighted by Gasteiger charge is -2.23. The summed E-state index contributed by atoms with van der Waals surface area (Å²) in [7, 11) is 3.01. The molecule has 0 aliphatic heterocycles. The van der Waals surface area contributed by atoms with Gasteiger partial charge in [0.15, 0.2) is 5.96 Å². The van der Waals surface area contributed by atoms with Gasteiger partial charge in [-0.05, 0) is 40.0 Å². The maximum Gasteiger partial charge on any atom is 0.193 e. The Morgan fingerprint density at radius 2 is 2.00 bits per heavy atom. The monoisotopic (exact) mass is 315 g/mol. The number of nitrogens with one attached hydrogen (secondary N) is 1. The number of rotatable bonds is 9. The number of aliphatic imine (C=N–C) groups is 1. The summed E-state index contributed by atoms with van der Waals surface area (Å²) in [5, 5.41) is 3.29. The first kappa shape index (κ1) is 20.2. The maximum atomic E-state index is 12.0. The normalized spacial score (nSPS) is 13.9. The van der Waals surface area contributed by atoms with Gasteiger partial charge in [0.1, 0.15) is 0 Å². The number of unbranched alkanes of at least 4 members (excludes halogenated alkanes) is 3. The van der Waals surface area contributed by atoms with Gasteiger partial charge in [0.2, 0.25) is 0 Å². The molecule has 1 atom stereocenters. The second-order valence-electron chi connectivity index (χ2n) is 6.20. The Morgan fingerprint density at radius 3 is 2.52 bits per heavy atom. The second-order valence-corrected chi connectivity index (χ2v) is 8.52. The van der Waals surface area contributed by atoms with Crippen LogP contribution in [0, 0.1) is 0 Å². The van der Waals surface area contributed by atoms with Crippen LogP contribution in [0.5, 0.6) is 0 Å². The molecular weight excluding hydrogens is 282 g/mol. The van der Waals surface area contributed by atoms with Gasteiger partial charge in [0.25, 0.3) is 0 Å². The second kappa shape index (κ2) is 10.8. The van der Waals surface area contributed by atoms with Gasteiger partial charge in [0, 0.05) is 48.5 Å². The van der Waals surface area contributed by atoms with E-state index in [0.29, 0.717) is 12.3 Å². The Balaban J connectivity index is 3.99. The highest BCUT2D eigenvalue weighted by molar-refractivity contribution is 7.86. The maximum absolute atomic E-state index is 12.0. The van der Waals surface area contributed by atoms with Crippen LogP contribution in [-0.2, 0) is 10.8 Å². The molecule has 5 heteroatoms. The van der Waals surface area contributed by atoms with E-state index >= 15 is 0 Å². The van der Waals surface area contributed by atoms with Crippen molar-refractivity contribution in [1.29, 1.82) is 0 Å². The number of hydrogen-bond acceptors (Lipinski definition) is 2. The smallest absolute Gasteiger partial charge is 0.193 e. The summed E-state index contributed by atoms with van der Waals surface area (Å²) < 4.78 is 11.8. The first-order chi connectivity index (χ1) is 9.82. The first-order valence-corrected chi connectivity index (χ1v) is 9.06. The van der Waals surface area contributed by atoms with Crippen molar-refractivity contribution in [3.8, 4) is 0 Å². The molecule has 0 rings (SSSR count). The third kappa shape index (κ3) is 9.67. The summed E-state index contributed by atoms with van der Waals surface area (Å²) in [6, 6.07) is 0. The van der Waals surface area contributed by atoms with Gasteiger partial charge in [-0.3, -0.25) is 9.20 Å². The number of nitrogens with zero attached hydrogens (tertiary/aromatic N) is 2. The zero-order valence-corrected chi connectivity index (χ0v) is 15.3. The van der Waals surface area contributed by atoms with Gasteiger partial charge in [-0.25, -0.2) is 0 Å². The average molecular weight is 316 g/mol. The molecule has 0 heterocycles. The van der Waals surface area contributed by atoms with Crippen LogP contribution < -0.4 is 5.32 Å². The van der Waals surface area contributed by atoms with E-state index in [1.165, 1.54) is 12.8 Å². The van der Waals surface area contributed by atoms with Crippen LogP contribution in [0.25, 0.3) is 0 Å². The predicted molar refractivity (Wildman–Crippen MR) is 95.4 cm³/mol. The van der Waals surface area contributed by atoms with E-state index in [-0.39, 0.29) is 4.75 Å². The lowest BCUT2D eigenvalue weighted by Crippen LogP contribution is -2.41. The third-order valence-electron chi connectivity index (χ3n) is 3.23. The van der Waals surface area contributed by atoms with Crippen LogP contribution in [-0.4, -0.2) is 52.8 Å². The lowest BCUT2D eigenvalue weighted by molar-refractivity contribution is 0.457. The fraction of sp³-hybridized carbons (Fsp3) is 0.812. The van der Waals surface area contributed by atoms with Crippen molar-refractivity contribution in [1.82, 2.24) is 10.2 Å². The average Bonchev–Trinajstić information content (AvgIpc) is 2.41. The van der Waals surface area contributed by atoms with Crippen molar-refractivity contribution in [2.24, 2.45) is 4.99 Å². The van der Waals surface area contributed by atoms with Crippen molar-refractivity contribution < 1.29 is 4.21 Å². The van der Waals surface area contributed by atoms with E-state index in [0.717, 1.165) is 25.3 Å². The molecule has 0 aromatic carbocycles. The Labute approximate surface area is 133 Å². The number of allylic oxidation sites excluding steroid dienone is 1. The van der Waals surface area contributed by atoms with Crippen LogP contribution in [0.4, 0.5) is 0 Å². The number of guanidine groups is 1. The molecule has 0 radical (unpaired) electrons. The third-order valence-corrected chi connectivity index (χ3v) is 5.17. The van der Waals surface area contributed by atoms with Crippen molar-refractivity contribution in [2.75, 3.05) is 32.9 Å². The van der Waals surface area contributed by atoms with E-state index in [1.807, 2.05) is 33.9 Å². The van der Waals surface area contributed by atoms with Gasteiger partial charge in [-0.2, -0.15) is 0 Å². The van der Waals surface area contributed by atoms with Gasteiger partial charge >= 0.3 is 0 Å². The molecule has 0 saturated carbocycles. The molecule has 0 saturated heterocycles. The van der Waals surface area contributed by atoms with Crippen molar-refractivity contribution in [2.45, 2.75) is 51.2 Å². The molecule has 0 aromatic rings. The molecule has 0 aliphatic rings. The van der Waals surface area contributed by atoms with E-state index in [4.69, 9.17) is 0 Å². The van der Waals surface area contributed by atoms with E-state index in [2.05, 4.69) is 21.8 Å². The Hall–Kier alpha value is -0.840. The summed E-state index contributed by atoms with van der Waals surface area (Å²) in [6.07, 6.45) is 6.63. The zero-order valence-electron chi connectivity index (χ0n) is 14.4. The fourth-order valence-electron chi connectivity index (χ4n) is 1.87. The van der Waals surface area contributed by atoms with E-state index in [9.17, 15) is 4.21 Å². The van der Waals surface area contributed by atoms with Gasteiger partial charge in [-0.1, -0.05) is 12.5 Å². The van der Waals surface area contributed by atoms with Crippen LogP contribution in [0.3, 0.4) is 0 Å². The summed E-state index contributed by atoms with van der Waals surface area (Å²) in [5.41, 5.74) is 0. The largest absolute Gasteiger partial charge is 0.355 e. The van der Waals surface area contributed by atoms with Crippen molar-refractivity contribution in [3.63, 3.8) is 0 Å². The lowest BCUT2D eigenvalue weighted by atomic mass is 10.2. The molecule has 0 fully saturated rings. The molecular formula is C16H33N3OS. The SMILES string of the molecule is C=CCCCCCN(C)C(=NC)NCCS(=O)C(C)(C)C. The first-order valence-electron chi connectivity index (χ1n) is 7.74. The summed E-state index contributed by atoms with van der Waals surface area (Å²) >= 11 is 0. The molecule has 1 N–H and O–H groups in total. The Kier molecular flexibility index (Phi) is 10.4. The van der Waals surface area contributed by atoms with E-state index in [1.54, 1.807) is 7.05 Å². The summed E-state index contributed by atoms with van der Waals surface area (Å²) in [4.78, 5) is 6.41. The van der Waals surface area contributed by atoms with Crippen molar-refractivity contribution in [3.05, 3.63) is 12.7 Å². The molecule has 124 valence electrons. The van der Waals surface area contributed by atoms with Crippen LogP contribution in [0.15, 0.2) is 17.6 Å². The van der Waals surface area contributed by atoms with Crippen molar-refractivity contribution >= 4 is 16.8 Å². The molecule has 1 unspecified atom stereocenters. The van der Waals surface area contributed by atoms with Crippen LogP contribution in [0.1, 0.15) is 46.5 Å². The molecule has 0 bridgehead atoms. The minimum absolute atomic E-state index is 0.151. The van der Waals surface area contributed by atoms with Crippen LogP contribution >= 0.6 is 0 Å². The molecule has 0 aromatic heterocycles. The summed E-state index contributed by atoms with van der Waals surface area (Å²) in [6.45, 7) is 11.4. The highest BCUT2D eigenvalue weighted by atomic mass is 32.2.